The number of aromatic carboxylic acids is 1. The van der Waals surface area contributed by atoms with E-state index in [4.69, 9.17) is 0 Å². The number of rotatable bonds is 4. The van der Waals surface area contributed by atoms with Crippen LogP contribution in [0.5, 0.6) is 0 Å². The molecule has 0 radical (unpaired) electrons. The molecule has 1 aliphatic heterocycles. The Labute approximate surface area is 151 Å². The topological polar surface area (TPSA) is 87.0 Å². The summed E-state index contributed by atoms with van der Waals surface area (Å²) in [4.78, 5) is 13.6. The van der Waals surface area contributed by atoms with Crippen molar-refractivity contribution in [1.29, 1.82) is 0 Å². The second-order valence-electron chi connectivity index (χ2n) is 6.80. The van der Waals surface area contributed by atoms with Gasteiger partial charge >= 0.3 is 5.97 Å². The number of carboxylic acids is 1. The predicted molar refractivity (Wildman–Crippen MR) is 96.4 cm³/mol. The van der Waals surface area contributed by atoms with Crippen molar-refractivity contribution in [2.45, 2.75) is 33.4 Å². The minimum atomic E-state index is -0.976. The Morgan fingerprint density at radius 3 is 2.88 bits per heavy atom. The molecule has 0 aliphatic carbocycles. The first-order valence-electron chi connectivity index (χ1n) is 8.65. The van der Waals surface area contributed by atoms with Crippen LogP contribution in [0.25, 0.3) is 5.69 Å². The van der Waals surface area contributed by atoms with E-state index in [0.717, 1.165) is 47.8 Å². The van der Waals surface area contributed by atoms with Crippen LogP contribution in [0.1, 0.15) is 38.7 Å². The maximum absolute atomic E-state index is 11.3. The van der Waals surface area contributed by atoms with Crippen molar-refractivity contribution in [1.82, 2.24) is 24.9 Å². The number of H-pyrrole nitrogens is 1. The van der Waals surface area contributed by atoms with Gasteiger partial charge in [-0.25, -0.2) is 9.48 Å². The molecule has 1 aliphatic rings. The maximum atomic E-state index is 11.3. The van der Waals surface area contributed by atoms with Gasteiger partial charge in [-0.05, 0) is 37.6 Å². The van der Waals surface area contributed by atoms with E-state index in [1.54, 1.807) is 0 Å². The van der Waals surface area contributed by atoms with Gasteiger partial charge in [-0.2, -0.15) is 10.2 Å². The van der Waals surface area contributed by atoms with E-state index >= 15 is 0 Å². The fourth-order valence-corrected chi connectivity index (χ4v) is 3.60. The summed E-state index contributed by atoms with van der Waals surface area (Å²) >= 11 is 0. The Bertz CT molecular complexity index is 972. The van der Waals surface area contributed by atoms with Crippen LogP contribution in [0.3, 0.4) is 0 Å². The molecule has 0 amide bonds. The maximum Gasteiger partial charge on any atom is 0.356 e. The van der Waals surface area contributed by atoms with E-state index in [0.29, 0.717) is 6.54 Å². The van der Waals surface area contributed by atoms with Gasteiger partial charge in [0.25, 0.3) is 0 Å². The predicted octanol–water partition coefficient (Wildman–Crippen LogP) is 2.47. The van der Waals surface area contributed by atoms with Crippen LogP contribution in [0.2, 0.25) is 0 Å². The fraction of sp³-hybridized carbons (Fsp3) is 0.316. The van der Waals surface area contributed by atoms with Crippen molar-refractivity contribution in [3.05, 3.63) is 64.2 Å². The van der Waals surface area contributed by atoms with E-state index < -0.39 is 5.97 Å². The van der Waals surface area contributed by atoms with Gasteiger partial charge in [0.15, 0.2) is 5.69 Å². The summed E-state index contributed by atoms with van der Waals surface area (Å²) in [6.07, 6.45) is 0.784. The standard InChI is InChI=1S/C19H21N5O2/c1-12-8-13(2)24(22-12)15-5-3-4-14(9-15)10-23-7-6-17-16(11-23)18(19(25)26)21-20-17/h3-5,8-9H,6-7,10-11H2,1-2H3,(H,20,21)(H,25,26). The lowest BCUT2D eigenvalue weighted by molar-refractivity contribution is 0.0687. The van der Waals surface area contributed by atoms with Crippen LogP contribution in [-0.4, -0.2) is 42.5 Å². The summed E-state index contributed by atoms with van der Waals surface area (Å²) in [5.74, 6) is -0.976. The zero-order chi connectivity index (χ0) is 18.3. The van der Waals surface area contributed by atoms with Crippen LogP contribution in [-0.2, 0) is 19.5 Å². The molecule has 0 spiro atoms. The van der Waals surface area contributed by atoms with E-state index in [2.05, 4.69) is 44.5 Å². The third kappa shape index (κ3) is 3.01. The van der Waals surface area contributed by atoms with Gasteiger partial charge in [-0.1, -0.05) is 12.1 Å². The monoisotopic (exact) mass is 351 g/mol. The number of aryl methyl sites for hydroxylation is 2. The number of nitrogens with zero attached hydrogens (tertiary/aromatic N) is 4. The molecule has 7 nitrogen and oxygen atoms in total. The van der Waals surface area contributed by atoms with Crippen molar-refractivity contribution in [2.75, 3.05) is 6.54 Å². The lowest BCUT2D eigenvalue weighted by Crippen LogP contribution is -2.30. The molecule has 0 atom stereocenters. The molecule has 0 saturated carbocycles. The normalized spacial score (nSPS) is 14.4. The molecule has 2 N–H and O–H groups in total. The van der Waals surface area contributed by atoms with Gasteiger partial charge in [0.05, 0.1) is 11.4 Å². The number of aromatic amines is 1. The van der Waals surface area contributed by atoms with Gasteiger partial charge in [-0.15, -0.1) is 0 Å². The minimum Gasteiger partial charge on any atom is -0.476 e. The Morgan fingerprint density at radius 1 is 1.31 bits per heavy atom. The van der Waals surface area contributed by atoms with E-state index in [9.17, 15) is 9.90 Å². The van der Waals surface area contributed by atoms with Crippen LogP contribution in [0.15, 0.2) is 30.3 Å². The second-order valence-corrected chi connectivity index (χ2v) is 6.80. The third-order valence-electron chi connectivity index (χ3n) is 4.79. The second kappa shape index (κ2) is 6.42. The van der Waals surface area contributed by atoms with Gasteiger partial charge in [-0.3, -0.25) is 10.00 Å². The molecule has 7 heteroatoms. The van der Waals surface area contributed by atoms with Crippen molar-refractivity contribution < 1.29 is 9.90 Å². The molecule has 0 bridgehead atoms. The highest BCUT2D eigenvalue weighted by Crippen LogP contribution is 2.23. The molecule has 3 aromatic rings. The molecule has 4 rings (SSSR count). The third-order valence-corrected chi connectivity index (χ3v) is 4.79. The van der Waals surface area contributed by atoms with Crippen LogP contribution in [0, 0.1) is 13.8 Å². The summed E-state index contributed by atoms with van der Waals surface area (Å²) < 4.78 is 1.95. The Kier molecular flexibility index (Phi) is 4.08. The SMILES string of the molecule is Cc1cc(C)n(-c2cccc(CN3CCc4[nH]nc(C(=O)O)c4C3)c2)n1. The molecule has 2 aromatic heterocycles. The van der Waals surface area contributed by atoms with Crippen LogP contribution < -0.4 is 0 Å². The highest BCUT2D eigenvalue weighted by Gasteiger charge is 2.25. The van der Waals surface area contributed by atoms with Crippen LogP contribution >= 0.6 is 0 Å². The molecule has 26 heavy (non-hydrogen) atoms. The summed E-state index contributed by atoms with van der Waals surface area (Å²) in [5.41, 5.74) is 6.21. The first-order chi connectivity index (χ1) is 12.5. The highest BCUT2D eigenvalue weighted by atomic mass is 16.4. The lowest BCUT2D eigenvalue weighted by Gasteiger charge is -2.26. The number of hydrogen-bond donors (Lipinski definition) is 2. The molecular formula is C19H21N5O2. The highest BCUT2D eigenvalue weighted by molar-refractivity contribution is 5.87. The van der Waals surface area contributed by atoms with E-state index in [-0.39, 0.29) is 5.69 Å². The Hall–Kier alpha value is -2.93. The largest absolute Gasteiger partial charge is 0.476 e. The van der Waals surface area contributed by atoms with Gasteiger partial charge < -0.3 is 5.11 Å². The zero-order valence-electron chi connectivity index (χ0n) is 14.9. The van der Waals surface area contributed by atoms with Crippen molar-refractivity contribution in [3.63, 3.8) is 0 Å². The zero-order valence-corrected chi connectivity index (χ0v) is 14.9. The molecule has 134 valence electrons. The van der Waals surface area contributed by atoms with Gasteiger partial charge in [0.1, 0.15) is 0 Å². The molecule has 0 unspecified atom stereocenters. The summed E-state index contributed by atoms with van der Waals surface area (Å²) in [6, 6.07) is 10.4. The summed E-state index contributed by atoms with van der Waals surface area (Å²) in [6.45, 7) is 6.27. The van der Waals surface area contributed by atoms with E-state index in [1.807, 2.05) is 24.6 Å². The first-order valence-corrected chi connectivity index (χ1v) is 8.65. The van der Waals surface area contributed by atoms with Crippen molar-refractivity contribution in [3.8, 4) is 5.69 Å². The number of carboxylic acid groups (broad SMARTS) is 1. The van der Waals surface area contributed by atoms with Crippen molar-refractivity contribution in [2.24, 2.45) is 0 Å². The average molecular weight is 351 g/mol. The minimum absolute atomic E-state index is 0.140. The Balaban J connectivity index is 1.55. The van der Waals surface area contributed by atoms with Gasteiger partial charge in [0.2, 0.25) is 0 Å². The molecular weight excluding hydrogens is 330 g/mol. The number of carbonyl (C=O) groups is 1. The number of fused-ring (bicyclic) bond motifs is 1. The van der Waals surface area contributed by atoms with Crippen LogP contribution in [0.4, 0.5) is 0 Å². The summed E-state index contributed by atoms with van der Waals surface area (Å²) in [7, 11) is 0. The smallest absolute Gasteiger partial charge is 0.356 e. The summed E-state index contributed by atoms with van der Waals surface area (Å²) in [5, 5.41) is 20.6. The molecule has 3 heterocycles. The molecule has 1 aromatic carbocycles. The first kappa shape index (κ1) is 16.5. The number of benzene rings is 1. The quantitative estimate of drug-likeness (QED) is 0.754. The van der Waals surface area contributed by atoms with Gasteiger partial charge in [0, 0.05) is 43.0 Å². The number of aromatic nitrogens is 4. The lowest BCUT2D eigenvalue weighted by atomic mass is 10.0. The van der Waals surface area contributed by atoms with E-state index in [1.165, 1.54) is 5.56 Å². The molecule has 0 saturated heterocycles. The number of nitrogens with one attached hydrogen (secondary N) is 1. The Morgan fingerprint density at radius 2 is 2.15 bits per heavy atom. The fourth-order valence-electron chi connectivity index (χ4n) is 3.60. The molecule has 0 fully saturated rings. The van der Waals surface area contributed by atoms with Crippen molar-refractivity contribution >= 4 is 5.97 Å². The number of hydrogen-bond acceptors (Lipinski definition) is 4. The average Bonchev–Trinajstić information content (AvgIpc) is 3.17.